The van der Waals surface area contributed by atoms with Gasteiger partial charge in [0, 0.05) is 45.0 Å². The van der Waals surface area contributed by atoms with Crippen molar-refractivity contribution in [1.82, 2.24) is 14.2 Å². The van der Waals surface area contributed by atoms with Crippen molar-refractivity contribution < 1.29 is 13.2 Å². The molecule has 1 aromatic rings. The summed E-state index contributed by atoms with van der Waals surface area (Å²) >= 11 is 0. The highest BCUT2D eigenvalue weighted by atomic mass is 32.2. The van der Waals surface area contributed by atoms with Crippen LogP contribution in [0.2, 0.25) is 0 Å². The zero-order valence-corrected chi connectivity index (χ0v) is 13.5. The van der Waals surface area contributed by atoms with Crippen LogP contribution in [-0.4, -0.2) is 61.6 Å². The molecule has 1 aliphatic rings. The van der Waals surface area contributed by atoms with E-state index in [1.165, 1.54) is 10.6 Å². The molecule has 1 fully saturated rings. The van der Waals surface area contributed by atoms with Gasteiger partial charge in [0.25, 0.3) is 0 Å². The second kappa shape index (κ2) is 7.20. The molecule has 0 spiro atoms. The van der Waals surface area contributed by atoms with Crippen molar-refractivity contribution in [3.63, 3.8) is 0 Å². The van der Waals surface area contributed by atoms with Gasteiger partial charge in [-0.2, -0.15) is 4.31 Å². The molecule has 0 aromatic carbocycles. The molecule has 6 nitrogen and oxygen atoms in total. The summed E-state index contributed by atoms with van der Waals surface area (Å²) in [6.07, 6.45) is 4.06. The Labute approximate surface area is 126 Å². The van der Waals surface area contributed by atoms with Gasteiger partial charge in [-0.25, -0.2) is 13.4 Å². The van der Waals surface area contributed by atoms with Crippen molar-refractivity contribution in [3.8, 4) is 5.88 Å². The molecule has 0 amide bonds. The summed E-state index contributed by atoms with van der Waals surface area (Å²) in [7, 11) is -3.06. The number of nitrogens with zero attached hydrogens (tertiary/aromatic N) is 3. The number of rotatable bonds is 6. The van der Waals surface area contributed by atoms with Crippen LogP contribution in [0.15, 0.2) is 18.3 Å². The van der Waals surface area contributed by atoms with Crippen molar-refractivity contribution in [3.05, 3.63) is 23.9 Å². The minimum absolute atomic E-state index is 0.559. The smallest absolute Gasteiger partial charge is 0.213 e. The van der Waals surface area contributed by atoms with E-state index in [2.05, 4.69) is 16.8 Å². The Morgan fingerprint density at radius 1 is 1.24 bits per heavy atom. The number of pyridine rings is 1. The van der Waals surface area contributed by atoms with Crippen LogP contribution in [0.4, 0.5) is 0 Å². The Hall–Kier alpha value is -1.18. The fraction of sp³-hybridized carbons (Fsp3) is 0.643. The Bertz CT molecular complexity index is 537. The standard InChI is InChI=1S/C14H23N3O3S/c1-3-10-20-14-5-4-13(11-15-14)12-16-6-8-17(9-7-16)21(2,18)19/h4-5,11H,3,6-10,12H2,1-2H3. The second-order valence-corrected chi connectivity index (χ2v) is 7.27. The van der Waals surface area contributed by atoms with Gasteiger partial charge in [0.2, 0.25) is 15.9 Å². The van der Waals surface area contributed by atoms with Gasteiger partial charge in [-0.05, 0) is 12.0 Å². The molecular weight excluding hydrogens is 290 g/mol. The summed E-state index contributed by atoms with van der Waals surface area (Å²) in [6.45, 7) is 6.15. The lowest BCUT2D eigenvalue weighted by molar-refractivity contribution is 0.182. The van der Waals surface area contributed by atoms with Crippen molar-refractivity contribution in [2.24, 2.45) is 0 Å². The van der Waals surface area contributed by atoms with E-state index in [0.717, 1.165) is 31.6 Å². The molecule has 0 bridgehead atoms. The quantitative estimate of drug-likeness (QED) is 0.782. The van der Waals surface area contributed by atoms with E-state index in [9.17, 15) is 8.42 Å². The van der Waals surface area contributed by atoms with Crippen molar-refractivity contribution >= 4 is 10.0 Å². The van der Waals surface area contributed by atoms with Gasteiger partial charge >= 0.3 is 0 Å². The van der Waals surface area contributed by atoms with Gasteiger partial charge in [-0.1, -0.05) is 13.0 Å². The van der Waals surface area contributed by atoms with Crippen LogP contribution in [0.1, 0.15) is 18.9 Å². The topological polar surface area (TPSA) is 62.7 Å². The van der Waals surface area contributed by atoms with Gasteiger partial charge in [-0.15, -0.1) is 0 Å². The summed E-state index contributed by atoms with van der Waals surface area (Å²) in [5, 5.41) is 0. The zero-order chi connectivity index (χ0) is 15.3. The van der Waals surface area contributed by atoms with Gasteiger partial charge in [0.1, 0.15) is 0 Å². The molecule has 0 aliphatic carbocycles. The summed E-state index contributed by atoms with van der Waals surface area (Å²) in [5.74, 6) is 0.655. The highest BCUT2D eigenvalue weighted by molar-refractivity contribution is 7.88. The molecule has 1 saturated heterocycles. The highest BCUT2D eigenvalue weighted by Gasteiger charge is 2.23. The molecule has 0 atom stereocenters. The SMILES string of the molecule is CCCOc1ccc(CN2CCN(S(C)(=O)=O)CC2)cn1. The minimum atomic E-state index is -3.06. The summed E-state index contributed by atoms with van der Waals surface area (Å²) in [6, 6.07) is 3.90. The Kier molecular flexibility index (Phi) is 5.55. The van der Waals surface area contributed by atoms with Crippen molar-refractivity contribution in [1.29, 1.82) is 0 Å². The summed E-state index contributed by atoms with van der Waals surface area (Å²) in [4.78, 5) is 6.52. The highest BCUT2D eigenvalue weighted by Crippen LogP contribution is 2.12. The first kappa shape index (κ1) is 16.2. The molecule has 0 unspecified atom stereocenters. The molecule has 1 aliphatic heterocycles. The third-order valence-corrected chi connectivity index (χ3v) is 4.76. The summed E-state index contributed by atoms with van der Waals surface area (Å²) < 4.78 is 29.9. The predicted molar refractivity (Wildman–Crippen MR) is 81.7 cm³/mol. The van der Waals surface area contributed by atoms with Crippen LogP contribution in [0.3, 0.4) is 0 Å². The number of ether oxygens (including phenoxy) is 1. The van der Waals surface area contributed by atoms with E-state index in [-0.39, 0.29) is 0 Å². The Morgan fingerprint density at radius 3 is 2.48 bits per heavy atom. The number of hydrogen-bond acceptors (Lipinski definition) is 5. The molecule has 0 radical (unpaired) electrons. The van der Waals surface area contributed by atoms with E-state index in [1.807, 2.05) is 18.3 Å². The fourth-order valence-corrected chi connectivity index (χ4v) is 3.10. The maximum absolute atomic E-state index is 11.5. The van der Waals surface area contributed by atoms with E-state index in [1.54, 1.807) is 0 Å². The van der Waals surface area contributed by atoms with Crippen LogP contribution in [0.5, 0.6) is 5.88 Å². The maximum Gasteiger partial charge on any atom is 0.213 e. The van der Waals surface area contributed by atoms with Crippen LogP contribution in [0, 0.1) is 0 Å². The molecule has 21 heavy (non-hydrogen) atoms. The lowest BCUT2D eigenvalue weighted by Crippen LogP contribution is -2.47. The predicted octanol–water partition coefficient (Wildman–Crippen LogP) is 0.948. The first-order chi connectivity index (χ1) is 9.99. The Morgan fingerprint density at radius 2 is 1.95 bits per heavy atom. The number of aromatic nitrogens is 1. The second-order valence-electron chi connectivity index (χ2n) is 5.29. The van der Waals surface area contributed by atoms with E-state index < -0.39 is 10.0 Å². The number of sulfonamides is 1. The summed E-state index contributed by atoms with van der Waals surface area (Å²) in [5.41, 5.74) is 1.12. The van der Waals surface area contributed by atoms with Gasteiger partial charge in [0.15, 0.2) is 0 Å². The average molecular weight is 313 g/mol. The normalized spacial score (nSPS) is 17.8. The van der Waals surface area contributed by atoms with Gasteiger partial charge in [-0.3, -0.25) is 4.90 Å². The molecule has 2 rings (SSSR count). The van der Waals surface area contributed by atoms with Crippen LogP contribution < -0.4 is 4.74 Å². The first-order valence-corrected chi connectivity index (χ1v) is 9.09. The van der Waals surface area contributed by atoms with Crippen LogP contribution in [0.25, 0.3) is 0 Å². The fourth-order valence-electron chi connectivity index (χ4n) is 2.27. The lowest BCUT2D eigenvalue weighted by atomic mass is 10.2. The molecule has 7 heteroatoms. The van der Waals surface area contributed by atoms with E-state index >= 15 is 0 Å². The van der Waals surface area contributed by atoms with Crippen LogP contribution in [-0.2, 0) is 16.6 Å². The molecule has 0 N–H and O–H groups in total. The van der Waals surface area contributed by atoms with Crippen LogP contribution >= 0.6 is 0 Å². The zero-order valence-electron chi connectivity index (χ0n) is 12.7. The largest absolute Gasteiger partial charge is 0.478 e. The van der Waals surface area contributed by atoms with E-state index in [0.29, 0.717) is 25.6 Å². The number of piperazine rings is 1. The first-order valence-electron chi connectivity index (χ1n) is 7.24. The third kappa shape index (κ3) is 4.94. The molecule has 118 valence electrons. The van der Waals surface area contributed by atoms with Gasteiger partial charge in [0.05, 0.1) is 12.9 Å². The van der Waals surface area contributed by atoms with Gasteiger partial charge < -0.3 is 4.74 Å². The monoisotopic (exact) mass is 313 g/mol. The Balaban J connectivity index is 1.83. The molecule has 0 saturated carbocycles. The van der Waals surface area contributed by atoms with Crippen molar-refractivity contribution in [2.45, 2.75) is 19.9 Å². The van der Waals surface area contributed by atoms with E-state index in [4.69, 9.17) is 4.74 Å². The average Bonchev–Trinajstić information content (AvgIpc) is 2.46. The third-order valence-electron chi connectivity index (χ3n) is 3.46. The number of hydrogen-bond donors (Lipinski definition) is 0. The molecular formula is C14H23N3O3S. The minimum Gasteiger partial charge on any atom is -0.478 e. The molecule has 2 heterocycles. The maximum atomic E-state index is 11.5. The molecule has 1 aromatic heterocycles. The van der Waals surface area contributed by atoms with Crippen molar-refractivity contribution in [2.75, 3.05) is 39.0 Å². The lowest BCUT2D eigenvalue weighted by Gasteiger charge is -2.33.